The molecule has 0 spiro atoms. The Labute approximate surface area is 145 Å². The number of hydrogen-bond donors (Lipinski definition) is 1. The first-order valence-electron chi connectivity index (χ1n) is 8.03. The molecule has 1 unspecified atom stereocenters. The van der Waals surface area contributed by atoms with Gasteiger partial charge in [0.2, 0.25) is 6.10 Å². The van der Waals surface area contributed by atoms with Gasteiger partial charge >= 0.3 is 0 Å². The van der Waals surface area contributed by atoms with Crippen LogP contribution in [0.15, 0.2) is 67.1 Å². The zero-order chi connectivity index (χ0) is 17.1. The first kappa shape index (κ1) is 15.3. The number of hydrogen-bond acceptors (Lipinski definition) is 4. The quantitative estimate of drug-likeness (QED) is 0.796. The minimum Gasteiger partial charge on any atom is -0.485 e. The summed E-state index contributed by atoms with van der Waals surface area (Å²) in [5.74, 6) is 1.09. The molecule has 0 aliphatic carbocycles. The second kappa shape index (κ2) is 6.68. The second-order valence-corrected chi connectivity index (χ2v) is 5.70. The summed E-state index contributed by atoms with van der Waals surface area (Å²) in [6.07, 6.45) is 2.61. The van der Waals surface area contributed by atoms with Gasteiger partial charge in [-0.15, -0.1) is 0 Å². The molecule has 0 saturated heterocycles. The molecule has 2 heterocycles. The smallest absolute Gasteiger partial charge is 0.272 e. The van der Waals surface area contributed by atoms with Crippen LogP contribution in [0.2, 0.25) is 0 Å². The zero-order valence-electron chi connectivity index (χ0n) is 13.5. The summed E-state index contributed by atoms with van der Waals surface area (Å²) in [6, 6.07) is 16.9. The molecule has 1 amide bonds. The molecular weight excluding hydrogens is 318 g/mol. The lowest BCUT2D eigenvalue weighted by Gasteiger charge is -2.30. The highest BCUT2D eigenvalue weighted by atomic mass is 16.6. The second-order valence-electron chi connectivity index (χ2n) is 5.70. The van der Waals surface area contributed by atoms with E-state index in [1.165, 1.54) is 0 Å². The number of rotatable bonds is 4. The van der Waals surface area contributed by atoms with Crippen molar-refractivity contribution in [1.82, 2.24) is 9.97 Å². The van der Waals surface area contributed by atoms with Crippen molar-refractivity contribution in [2.45, 2.75) is 12.6 Å². The summed E-state index contributed by atoms with van der Waals surface area (Å²) >= 11 is 0. The normalized spacial score (nSPS) is 15.6. The summed E-state index contributed by atoms with van der Waals surface area (Å²) in [4.78, 5) is 21.9. The number of nitrogens with zero attached hydrogens (tertiary/aromatic N) is 2. The van der Waals surface area contributed by atoms with E-state index in [1.54, 1.807) is 23.5 Å². The topological polar surface area (TPSA) is 67.5 Å². The molecule has 126 valence electrons. The predicted octanol–water partition coefficient (Wildman–Crippen LogP) is 2.78. The fourth-order valence-corrected chi connectivity index (χ4v) is 2.76. The lowest BCUT2D eigenvalue weighted by atomic mass is 10.2. The Morgan fingerprint density at radius 3 is 2.64 bits per heavy atom. The molecule has 25 heavy (non-hydrogen) atoms. The van der Waals surface area contributed by atoms with E-state index in [2.05, 4.69) is 9.97 Å². The van der Waals surface area contributed by atoms with Crippen LogP contribution >= 0.6 is 0 Å². The van der Waals surface area contributed by atoms with Crippen molar-refractivity contribution in [3.63, 3.8) is 0 Å². The van der Waals surface area contributed by atoms with Crippen LogP contribution in [0, 0.1) is 0 Å². The molecule has 2 aromatic carbocycles. The van der Waals surface area contributed by atoms with E-state index in [0.717, 1.165) is 11.4 Å². The number of imidazole rings is 1. The third-order valence-electron chi connectivity index (χ3n) is 4.00. The maximum absolute atomic E-state index is 13.1. The van der Waals surface area contributed by atoms with Gasteiger partial charge in [-0.2, -0.15) is 0 Å². The Hall–Kier alpha value is -3.28. The van der Waals surface area contributed by atoms with Gasteiger partial charge in [-0.05, 0) is 24.3 Å². The fraction of sp³-hybridized carbons (Fsp3) is 0.158. The number of benzene rings is 2. The molecule has 1 N–H and O–H groups in total. The molecule has 1 aliphatic rings. The van der Waals surface area contributed by atoms with Crippen LogP contribution in [0.3, 0.4) is 0 Å². The summed E-state index contributed by atoms with van der Waals surface area (Å²) < 4.78 is 11.6. The minimum atomic E-state index is -0.696. The molecule has 6 heteroatoms. The van der Waals surface area contributed by atoms with Crippen LogP contribution in [0.4, 0.5) is 5.69 Å². The average molecular weight is 335 g/mol. The molecule has 1 aliphatic heterocycles. The molecular formula is C19H17N3O3. The van der Waals surface area contributed by atoms with Gasteiger partial charge in [-0.25, -0.2) is 4.98 Å². The van der Waals surface area contributed by atoms with Crippen LogP contribution < -0.4 is 14.4 Å². The van der Waals surface area contributed by atoms with Gasteiger partial charge in [0.1, 0.15) is 6.61 Å². The van der Waals surface area contributed by atoms with Gasteiger partial charge in [-0.1, -0.05) is 30.3 Å². The van der Waals surface area contributed by atoms with Crippen molar-refractivity contribution in [3.05, 3.63) is 72.8 Å². The van der Waals surface area contributed by atoms with E-state index >= 15 is 0 Å². The van der Waals surface area contributed by atoms with E-state index in [4.69, 9.17) is 9.47 Å². The van der Waals surface area contributed by atoms with Crippen molar-refractivity contribution in [2.24, 2.45) is 0 Å². The number of anilines is 1. The van der Waals surface area contributed by atoms with Gasteiger partial charge in [-0.3, -0.25) is 4.79 Å². The van der Waals surface area contributed by atoms with Crippen LogP contribution in [0.25, 0.3) is 0 Å². The zero-order valence-corrected chi connectivity index (χ0v) is 13.5. The largest absolute Gasteiger partial charge is 0.485 e. The number of aromatic nitrogens is 2. The molecule has 0 radical (unpaired) electrons. The Morgan fingerprint density at radius 1 is 1.12 bits per heavy atom. The lowest BCUT2D eigenvalue weighted by Crippen LogP contribution is -2.46. The number of nitrogens with one attached hydrogen (secondary N) is 1. The van der Waals surface area contributed by atoms with Gasteiger partial charge in [0, 0.05) is 11.9 Å². The monoisotopic (exact) mass is 335 g/mol. The SMILES string of the molecule is O=C(C1COc2ccccc2O1)N(Cc1cnc[nH]1)c1ccccc1. The maximum Gasteiger partial charge on any atom is 0.272 e. The first-order valence-corrected chi connectivity index (χ1v) is 8.03. The summed E-state index contributed by atoms with van der Waals surface area (Å²) in [7, 11) is 0. The molecule has 0 fully saturated rings. The average Bonchev–Trinajstić information content (AvgIpc) is 3.19. The highest BCUT2D eigenvalue weighted by Gasteiger charge is 2.32. The molecule has 1 aromatic heterocycles. The number of H-pyrrole nitrogens is 1. The number of carbonyl (C=O) groups is 1. The van der Waals surface area contributed by atoms with Crippen molar-refractivity contribution < 1.29 is 14.3 Å². The Morgan fingerprint density at radius 2 is 1.88 bits per heavy atom. The Balaban J connectivity index is 1.60. The van der Waals surface area contributed by atoms with Crippen molar-refractivity contribution >= 4 is 11.6 Å². The van der Waals surface area contributed by atoms with Crippen molar-refractivity contribution in [2.75, 3.05) is 11.5 Å². The van der Waals surface area contributed by atoms with Crippen LogP contribution in [0.1, 0.15) is 5.69 Å². The summed E-state index contributed by atoms with van der Waals surface area (Å²) in [5.41, 5.74) is 1.64. The molecule has 3 aromatic rings. The Kier molecular flexibility index (Phi) is 4.08. The summed E-state index contributed by atoms with van der Waals surface area (Å²) in [5, 5.41) is 0. The van der Waals surface area contributed by atoms with Crippen LogP contribution in [-0.2, 0) is 11.3 Å². The molecule has 6 nitrogen and oxygen atoms in total. The molecule has 1 atom stereocenters. The minimum absolute atomic E-state index is 0.157. The first-order chi connectivity index (χ1) is 12.3. The van der Waals surface area contributed by atoms with E-state index in [-0.39, 0.29) is 12.5 Å². The molecule has 4 rings (SSSR count). The standard InChI is InChI=1S/C19H17N3O3/c23-19(18-12-24-16-8-4-5-9-17(16)25-18)22(11-14-10-20-13-21-14)15-6-2-1-3-7-15/h1-10,13,18H,11-12H2,(H,20,21). The van der Waals surface area contributed by atoms with Crippen LogP contribution in [-0.4, -0.2) is 28.6 Å². The predicted molar refractivity (Wildman–Crippen MR) is 92.6 cm³/mol. The number of amides is 1. The maximum atomic E-state index is 13.1. The summed E-state index contributed by atoms with van der Waals surface area (Å²) in [6.45, 7) is 0.562. The van der Waals surface area contributed by atoms with Gasteiger partial charge in [0.25, 0.3) is 5.91 Å². The fourth-order valence-electron chi connectivity index (χ4n) is 2.76. The number of aromatic amines is 1. The van der Waals surface area contributed by atoms with Crippen molar-refractivity contribution in [1.29, 1.82) is 0 Å². The number of fused-ring (bicyclic) bond motifs is 1. The van der Waals surface area contributed by atoms with Gasteiger partial charge < -0.3 is 19.4 Å². The number of ether oxygens (including phenoxy) is 2. The van der Waals surface area contributed by atoms with Gasteiger partial charge in [0.15, 0.2) is 11.5 Å². The van der Waals surface area contributed by atoms with Crippen LogP contribution in [0.5, 0.6) is 11.5 Å². The van der Waals surface area contributed by atoms with E-state index in [9.17, 15) is 4.79 Å². The van der Waals surface area contributed by atoms with E-state index in [1.807, 2.05) is 48.5 Å². The number of carbonyl (C=O) groups excluding carboxylic acids is 1. The highest BCUT2D eigenvalue weighted by Crippen LogP contribution is 2.32. The van der Waals surface area contributed by atoms with Crippen molar-refractivity contribution in [3.8, 4) is 11.5 Å². The van der Waals surface area contributed by atoms with E-state index in [0.29, 0.717) is 18.0 Å². The third kappa shape index (κ3) is 3.19. The highest BCUT2D eigenvalue weighted by molar-refractivity contribution is 5.97. The molecule has 0 saturated carbocycles. The lowest BCUT2D eigenvalue weighted by molar-refractivity contribution is -0.127. The van der Waals surface area contributed by atoms with Gasteiger partial charge in [0.05, 0.1) is 18.6 Å². The number of para-hydroxylation sites is 3. The van der Waals surface area contributed by atoms with E-state index < -0.39 is 6.10 Å². The molecule has 0 bridgehead atoms. The third-order valence-corrected chi connectivity index (χ3v) is 4.00. The Bertz CT molecular complexity index is 849.